The molecule has 4 heterocycles. The summed E-state index contributed by atoms with van der Waals surface area (Å²) >= 11 is 0. The van der Waals surface area contributed by atoms with Crippen molar-refractivity contribution < 1.29 is 14.6 Å². The standard InChI is InChI=1S/C23H31N3O4/c1-2-3-16-6-7-18-21-20(23(29)24-8-10-30-11-9-24)17(14-27)19(13-26(18)22(16)28)25(21)12-15-4-5-15/h2-3,6-7,15,17,19-21,27H,4-5,8-14H2,1H3/b3-2-/t17-,19-,20+,21+/m0/s1. The van der Waals surface area contributed by atoms with Crippen LogP contribution in [0.5, 0.6) is 0 Å². The van der Waals surface area contributed by atoms with Crippen LogP contribution in [-0.2, 0) is 16.1 Å². The minimum atomic E-state index is -0.322. The lowest BCUT2D eigenvalue weighted by molar-refractivity contribution is -0.142. The fourth-order valence-electron chi connectivity index (χ4n) is 5.67. The normalized spacial score (nSPS) is 31.3. The van der Waals surface area contributed by atoms with Gasteiger partial charge in [0.25, 0.3) is 5.56 Å². The van der Waals surface area contributed by atoms with Crippen molar-refractivity contribution in [2.45, 2.75) is 38.4 Å². The van der Waals surface area contributed by atoms with Crippen molar-refractivity contribution in [2.24, 2.45) is 17.8 Å². The molecule has 1 N–H and O–H groups in total. The van der Waals surface area contributed by atoms with Gasteiger partial charge in [0, 0.05) is 56.0 Å². The van der Waals surface area contributed by atoms with Crippen molar-refractivity contribution in [3.05, 3.63) is 39.8 Å². The Kier molecular flexibility index (Phi) is 5.29. The highest BCUT2D eigenvalue weighted by molar-refractivity contribution is 5.81. The Labute approximate surface area is 176 Å². The van der Waals surface area contributed by atoms with Crippen molar-refractivity contribution in [2.75, 3.05) is 39.5 Å². The van der Waals surface area contributed by atoms with Gasteiger partial charge in [0.15, 0.2) is 0 Å². The molecule has 3 aliphatic heterocycles. The Morgan fingerprint density at radius 3 is 2.70 bits per heavy atom. The van der Waals surface area contributed by atoms with E-state index in [0.29, 0.717) is 44.3 Å². The first-order valence-electron chi connectivity index (χ1n) is 11.2. The zero-order valence-corrected chi connectivity index (χ0v) is 17.6. The maximum Gasteiger partial charge on any atom is 0.258 e. The molecule has 0 radical (unpaired) electrons. The highest BCUT2D eigenvalue weighted by Gasteiger charge is 2.57. The number of pyridine rings is 1. The molecule has 4 aliphatic rings. The van der Waals surface area contributed by atoms with Crippen molar-refractivity contribution in [1.29, 1.82) is 0 Å². The third-order valence-corrected chi connectivity index (χ3v) is 7.32. The number of aliphatic hydroxyl groups is 1. The summed E-state index contributed by atoms with van der Waals surface area (Å²) in [6, 6.07) is 3.77. The van der Waals surface area contributed by atoms with Gasteiger partial charge in [-0.3, -0.25) is 14.5 Å². The monoisotopic (exact) mass is 413 g/mol. The third-order valence-electron chi connectivity index (χ3n) is 7.32. The lowest BCUT2D eigenvalue weighted by Gasteiger charge is -2.39. The molecule has 2 saturated heterocycles. The molecule has 1 aliphatic carbocycles. The summed E-state index contributed by atoms with van der Waals surface area (Å²) in [7, 11) is 0. The second-order valence-corrected chi connectivity index (χ2v) is 9.09. The fourth-order valence-corrected chi connectivity index (χ4v) is 5.67. The van der Waals surface area contributed by atoms with Gasteiger partial charge < -0.3 is 19.3 Å². The number of nitrogens with zero attached hydrogens (tertiary/aromatic N) is 3. The van der Waals surface area contributed by atoms with E-state index in [9.17, 15) is 14.7 Å². The average Bonchev–Trinajstić information content (AvgIpc) is 3.55. The van der Waals surface area contributed by atoms with E-state index >= 15 is 0 Å². The first kappa shape index (κ1) is 20.0. The number of morpholine rings is 1. The van der Waals surface area contributed by atoms with Crippen LogP contribution in [-0.4, -0.2) is 70.9 Å². The predicted octanol–water partition coefficient (Wildman–Crippen LogP) is 1.11. The van der Waals surface area contributed by atoms with Gasteiger partial charge in [-0.2, -0.15) is 0 Å². The van der Waals surface area contributed by atoms with Crippen LogP contribution in [0.15, 0.2) is 23.0 Å². The fraction of sp³-hybridized carbons (Fsp3) is 0.652. The van der Waals surface area contributed by atoms with E-state index in [-0.39, 0.29) is 42.0 Å². The van der Waals surface area contributed by atoms with Crippen LogP contribution in [0, 0.1) is 17.8 Å². The van der Waals surface area contributed by atoms with E-state index in [2.05, 4.69) is 4.90 Å². The summed E-state index contributed by atoms with van der Waals surface area (Å²) in [5.41, 5.74) is 1.60. The lowest BCUT2D eigenvalue weighted by Crippen LogP contribution is -2.48. The number of amides is 1. The van der Waals surface area contributed by atoms with E-state index in [1.807, 2.05) is 40.7 Å². The molecule has 5 rings (SSSR count). The molecule has 7 nitrogen and oxygen atoms in total. The van der Waals surface area contributed by atoms with Crippen molar-refractivity contribution in [3.63, 3.8) is 0 Å². The molecule has 162 valence electrons. The second-order valence-electron chi connectivity index (χ2n) is 9.09. The van der Waals surface area contributed by atoms with Gasteiger partial charge in [0.2, 0.25) is 5.91 Å². The molecule has 0 spiro atoms. The molecule has 1 amide bonds. The van der Waals surface area contributed by atoms with E-state index in [1.54, 1.807) is 0 Å². The summed E-state index contributed by atoms with van der Waals surface area (Å²) in [5.74, 6) is 0.294. The first-order chi connectivity index (χ1) is 14.6. The predicted molar refractivity (Wildman–Crippen MR) is 113 cm³/mol. The van der Waals surface area contributed by atoms with Gasteiger partial charge in [0.1, 0.15) is 0 Å². The van der Waals surface area contributed by atoms with Crippen LogP contribution in [0.25, 0.3) is 6.08 Å². The minimum absolute atomic E-state index is 0.00262. The van der Waals surface area contributed by atoms with E-state index in [1.165, 1.54) is 12.8 Å². The van der Waals surface area contributed by atoms with Crippen LogP contribution in [0.2, 0.25) is 0 Å². The van der Waals surface area contributed by atoms with Crippen LogP contribution >= 0.6 is 0 Å². The van der Waals surface area contributed by atoms with Crippen molar-refractivity contribution >= 4 is 12.0 Å². The highest BCUT2D eigenvalue weighted by atomic mass is 16.5. The van der Waals surface area contributed by atoms with E-state index in [4.69, 9.17) is 4.74 Å². The molecule has 1 saturated carbocycles. The number of carbonyl (C=O) groups excluding carboxylic acids is 1. The number of ether oxygens (including phenoxy) is 1. The molecule has 7 heteroatoms. The largest absolute Gasteiger partial charge is 0.396 e. The number of aromatic nitrogens is 1. The molecule has 3 fully saturated rings. The molecule has 1 aromatic heterocycles. The molecule has 4 atom stereocenters. The summed E-state index contributed by atoms with van der Waals surface area (Å²) in [6.45, 7) is 5.68. The number of rotatable bonds is 5. The molecule has 0 aromatic carbocycles. The highest BCUT2D eigenvalue weighted by Crippen LogP contribution is 2.50. The maximum absolute atomic E-state index is 13.7. The minimum Gasteiger partial charge on any atom is -0.396 e. The van der Waals surface area contributed by atoms with Gasteiger partial charge in [0.05, 0.1) is 25.2 Å². The summed E-state index contributed by atoms with van der Waals surface area (Å²) in [5, 5.41) is 10.4. The Bertz CT molecular complexity index is 900. The maximum atomic E-state index is 13.7. The number of fused-ring (bicyclic) bond motifs is 4. The Balaban J connectivity index is 1.58. The smallest absolute Gasteiger partial charge is 0.258 e. The zero-order valence-electron chi connectivity index (χ0n) is 17.6. The molecule has 30 heavy (non-hydrogen) atoms. The van der Waals surface area contributed by atoms with Gasteiger partial charge in [-0.05, 0) is 37.8 Å². The van der Waals surface area contributed by atoms with Gasteiger partial charge in [-0.25, -0.2) is 0 Å². The molecular formula is C23H31N3O4. The summed E-state index contributed by atoms with van der Waals surface area (Å²) < 4.78 is 7.30. The number of allylic oxidation sites excluding steroid dienone is 1. The van der Waals surface area contributed by atoms with Crippen molar-refractivity contribution in [3.8, 4) is 0 Å². The molecular weight excluding hydrogens is 382 g/mol. The molecule has 1 aromatic rings. The summed E-state index contributed by atoms with van der Waals surface area (Å²) in [6.07, 6.45) is 6.18. The second kappa shape index (κ2) is 7.94. The van der Waals surface area contributed by atoms with Gasteiger partial charge >= 0.3 is 0 Å². The van der Waals surface area contributed by atoms with Crippen LogP contribution < -0.4 is 5.56 Å². The van der Waals surface area contributed by atoms with Crippen LogP contribution in [0.4, 0.5) is 0 Å². The Morgan fingerprint density at radius 1 is 1.27 bits per heavy atom. The lowest BCUT2D eigenvalue weighted by atomic mass is 9.86. The van der Waals surface area contributed by atoms with Gasteiger partial charge in [-0.1, -0.05) is 12.2 Å². The average molecular weight is 414 g/mol. The van der Waals surface area contributed by atoms with Gasteiger partial charge in [-0.15, -0.1) is 0 Å². The first-order valence-corrected chi connectivity index (χ1v) is 11.2. The number of hydrogen-bond acceptors (Lipinski definition) is 5. The SMILES string of the molecule is C/C=C\c1ccc2n(c1=O)C[C@H]1[C@H](CO)[C@@H](C(=O)N3CCOCC3)[C@@H]2N1CC1CC1. The van der Waals surface area contributed by atoms with Crippen LogP contribution in [0.1, 0.15) is 37.1 Å². The summed E-state index contributed by atoms with van der Waals surface area (Å²) in [4.78, 5) is 31.1. The van der Waals surface area contributed by atoms with E-state index < -0.39 is 0 Å². The zero-order chi connectivity index (χ0) is 20.8. The number of aliphatic hydroxyl groups excluding tert-OH is 1. The topological polar surface area (TPSA) is 75.0 Å². The molecule has 0 unspecified atom stereocenters. The number of carbonyl (C=O) groups is 1. The number of hydrogen-bond donors (Lipinski definition) is 1. The Hall–Kier alpha value is -1.96. The third kappa shape index (κ3) is 3.24. The van der Waals surface area contributed by atoms with Crippen molar-refractivity contribution in [1.82, 2.24) is 14.4 Å². The van der Waals surface area contributed by atoms with Crippen LogP contribution in [0.3, 0.4) is 0 Å². The van der Waals surface area contributed by atoms with E-state index in [0.717, 1.165) is 12.2 Å². The Morgan fingerprint density at radius 2 is 2.03 bits per heavy atom. The quantitative estimate of drug-likeness (QED) is 0.783. The molecule has 2 bridgehead atoms.